The molecule has 0 atom stereocenters. The van der Waals surface area contributed by atoms with Crippen LogP contribution in [0, 0.1) is 12.3 Å². The molecule has 1 N–H and O–H groups in total. The maximum Gasteiger partial charge on any atom is 0.308 e. The number of hydrogen-bond donors (Lipinski definition) is 1. The highest BCUT2D eigenvalue weighted by molar-refractivity contribution is 5.77. The van der Waals surface area contributed by atoms with Crippen LogP contribution >= 0.6 is 0 Å². The molecular formula is C32H35N5O2. The lowest BCUT2D eigenvalue weighted by molar-refractivity contribution is -0.136. The van der Waals surface area contributed by atoms with Gasteiger partial charge in [0.25, 0.3) is 0 Å². The highest BCUT2D eigenvalue weighted by Crippen LogP contribution is 2.39. The normalized spacial score (nSPS) is 17.8. The van der Waals surface area contributed by atoms with Crippen LogP contribution in [0.15, 0.2) is 60.9 Å². The maximum atomic E-state index is 11.9. The minimum Gasteiger partial charge on any atom is -0.481 e. The molecule has 7 rings (SSSR count). The monoisotopic (exact) mass is 521 g/mol. The number of nitrogens with zero attached hydrogens (tertiary/aromatic N) is 5. The third-order valence-corrected chi connectivity index (χ3v) is 8.52. The Morgan fingerprint density at radius 2 is 1.85 bits per heavy atom. The summed E-state index contributed by atoms with van der Waals surface area (Å²) in [5, 5.41) is 14.8. The second-order valence-electron chi connectivity index (χ2n) is 11.3. The Hall–Kier alpha value is -4.00. The standard InChI is InChI=1S/C32H35N5O2/c1-22-26(19-30(38)39)31-36-16-13-32(2,14-17-36)12-6-4-3-5-8-23-11-15-33-21-27(23)24-9-7-10-25(18-24)28-20-29(34-22)37(31)35-28/h3-4,7,9-11,15,18,20-21H,5-6,8,12-14,16-17,19H2,1-2H3,(H,38,39)/b4-3-. The quantitative estimate of drug-likeness (QED) is 0.313. The fourth-order valence-corrected chi connectivity index (χ4v) is 6.12. The fourth-order valence-electron chi connectivity index (χ4n) is 6.12. The van der Waals surface area contributed by atoms with Crippen LogP contribution in [0.4, 0.5) is 5.82 Å². The molecule has 6 heterocycles. The molecular weight excluding hydrogens is 486 g/mol. The topological polar surface area (TPSA) is 83.6 Å². The molecule has 0 spiro atoms. The van der Waals surface area contributed by atoms with Crippen LogP contribution in [0.2, 0.25) is 0 Å². The van der Waals surface area contributed by atoms with E-state index in [1.54, 1.807) is 0 Å². The van der Waals surface area contributed by atoms with Crippen LogP contribution in [-0.4, -0.2) is 43.7 Å². The molecule has 39 heavy (non-hydrogen) atoms. The molecule has 0 amide bonds. The average Bonchev–Trinajstić information content (AvgIpc) is 3.35. The van der Waals surface area contributed by atoms with Crippen molar-refractivity contribution in [2.24, 2.45) is 5.41 Å². The first-order valence-corrected chi connectivity index (χ1v) is 13.9. The van der Waals surface area contributed by atoms with Gasteiger partial charge in [0, 0.05) is 53.9 Å². The van der Waals surface area contributed by atoms with E-state index in [9.17, 15) is 9.90 Å². The molecule has 1 saturated heterocycles. The Morgan fingerprint density at radius 3 is 2.67 bits per heavy atom. The van der Waals surface area contributed by atoms with Crippen molar-refractivity contribution >= 4 is 17.4 Å². The predicted octanol–water partition coefficient (Wildman–Crippen LogP) is 6.28. The van der Waals surface area contributed by atoms with Gasteiger partial charge in [-0.15, -0.1) is 0 Å². The van der Waals surface area contributed by atoms with Crippen molar-refractivity contribution in [2.45, 2.75) is 58.8 Å². The van der Waals surface area contributed by atoms with Crippen LogP contribution in [0.3, 0.4) is 0 Å². The van der Waals surface area contributed by atoms with Gasteiger partial charge >= 0.3 is 5.97 Å². The van der Waals surface area contributed by atoms with Crippen LogP contribution in [0.25, 0.3) is 28.0 Å². The van der Waals surface area contributed by atoms with E-state index in [1.807, 2.05) is 29.9 Å². The number of fused-ring (bicyclic) bond motifs is 6. The number of hydrogen-bond acceptors (Lipinski definition) is 5. The number of piperidine rings is 1. The Labute approximate surface area is 229 Å². The van der Waals surface area contributed by atoms with Gasteiger partial charge in [-0.2, -0.15) is 9.61 Å². The van der Waals surface area contributed by atoms with Gasteiger partial charge in [0.05, 0.1) is 12.1 Å². The van der Waals surface area contributed by atoms with Crippen molar-refractivity contribution in [3.8, 4) is 22.4 Å². The number of benzene rings is 1. The summed E-state index contributed by atoms with van der Waals surface area (Å²) in [6.07, 6.45) is 14.8. The van der Waals surface area contributed by atoms with Gasteiger partial charge < -0.3 is 10.0 Å². The van der Waals surface area contributed by atoms with E-state index in [0.29, 0.717) is 0 Å². The number of carboxylic acids is 1. The first-order chi connectivity index (χ1) is 18.9. The molecule has 0 aliphatic carbocycles. The molecule has 7 nitrogen and oxygen atoms in total. The zero-order valence-corrected chi connectivity index (χ0v) is 22.7. The molecule has 1 aromatic carbocycles. The molecule has 6 bridgehead atoms. The summed E-state index contributed by atoms with van der Waals surface area (Å²) in [6, 6.07) is 12.6. The fraction of sp³-hybridized carbons (Fsp3) is 0.375. The van der Waals surface area contributed by atoms with E-state index in [1.165, 1.54) is 5.56 Å². The highest BCUT2D eigenvalue weighted by Gasteiger charge is 2.32. The van der Waals surface area contributed by atoms with Crippen LogP contribution < -0.4 is 4.90 Å². The summed E-state index contributed by atoms with van der Waals surface area (Å²) in [4.78, 5) is 23.5. The number of anilines is 1. The second kappa shape index (κ2) is 10.3. The summed E-state index contributed by atoms with van der Waals surface area (Å²) < 4.78 is 1.88. The smallest absolute Gasteiger partial charge is 0.308 e. The van der Waals surface area contributed by atoms with Crippen LogP contribution in [-0.2, 0) is 17.6 Å². The number of aromatic nitrogens is 4. The van der Waals surface area contributed by atoms with Gasteiger partial charge in [-0.1, -0.05) is 37.3 Å². The molecule has 3 aromatic heterocycles. The lowest BCUT2D eigenvalue weighted by atomic mass is 9.76. The predicted molar refractivity (Wildman–Crippen MR) is 154 cm³/mol. The third kappa shape index (κ3) is 5.05. The molecule has 3 aliphatic rings. The van der Waals surface area contributed by atoms with Gasteiger partial charge in [-0.25, -0.2) is 4.98 Å². The number of carboxylic acid groups (broad SMARTS) is 1. The number of rotatable bonds is 2. The van der Waals surface area contributed by atoms with Gasteiger partial charge in [0.2, 0.25) is 0 Å². The molecule has 3 aliphatic heterocycles. The van der Waals surface area contributed by atoms with Crippen molar-refractivity contribution in [2.75, 3.05) is 18.0 Å². The molecule has 4 aromatic rings. The van der Waals surface area contributed by atoms with E-state index in [4.69, 9.17) is 10.1 Å². The van der Waals surface area contributed by atoms with E-state index >= 15 is 0 Å². The molecule has 0 radical (unpaired) electrons. The summed E-state index contributed by atoms with van der Waals surface area (Å²) in [6.45, 7) is 6.06. The third-order valence-electron chi connectivity index (χ3n) is 8.52. The molecule has 0 unspecified atom stereocenters. The van der Waals surface area contributed by atoms with Crippen LogP contribution in [0.1, 0.15) is 55.8 Å². The summed E-state index contributed by atoms with van der Waals surface area (Å²) >= 11 is 0. The Kier molecular flexibility index (Phi) is 6.67. The Bertz CT molecular complexity index is 1560. The summed E-state index contributed by atoms with van der Waals surface area (Å²) in [5.41, 5.74) is 7.88. The largest absolute Gasteiger partial charge is 0.481 e. The van der Waals surface area contributed by atoms with Crippen LogP contribution in [0.5, 0.6) is 0 Å². The molecule has 7 heteroatoms. The maximum absolute atomic E-state index is 11.9. The number of allylic oxidation sites excluding steroid dienone is 2. The van der Waals surface area contributed by atoms with Crippen molar-refractivity contribution in [3.05, 3.63) is 77.8 Å². The van der Waals surface area contributed by atoms with Gasteiger partial charge in [-0.05, 0) is 74.1 Å². The first kappa shape index (κ1) is 25.3. The lowest BCUT2D eigenvalue weighted by Crippen LogP contribution is -2.40. The molecule has 200 valence electrons. The Morgan fingerprint density at radius 1 is 1.05 bits per heavy atom. The summed E-state index contributed by atoms with van der Waals surface area (Å²) in [5.74, 6) is 0.0173. The zero-order chi connectivity index (χ0) is 27.0. The van der Waals surface area contributed by atoms with Crippen molar-refractivity contribution in [1.82, 2.24) is 19.6 Å². The van der Waals surface area contributed by atoms with E-state index in [2.05, 4.69) is 59.3 Å². The zero-order valence-electron chi connectivity index (χ0n) is 22.7. The van der Waals surface area contributed by atoms with E-state index < -0.39 is 5.97 Å². The minimum atomic E-state index is -0.855. The van der Waals surface area contributed by atoms with E-state index in [0.717, 1.165) is 96.7 Å². The van der Waals surface area contributed by atoms with Gasteiger partial charge in [0.1, 0.15) is 5.82 Å². The Balaban J connectivity index is 1.52. The number of pyridine rings is 1. The minimum absolute atomic E-state index is 0.0723. The van der Waals surface area contributed by atoms with E-state index in [-0.39, 0.29) is 11.8 Å². The van der Waals surface area contributed by atoms with Gasteiger partial charge in [0.15, 0.2) is 5.65 Å². The average molecular weight is 522 g/mol. The number of aliphatic carboxylic acids is 1. The van der Waals surface area contributed by atoms with Gasteiger partial charge in [-0.3, -0.25) is 9.78 Å². The van der Waals surface area contributed by atoms with Crippen molar-refractivity contribution < 1.29 is 9.90 Å². The lowest BCUT2D eigenvalue weighted by Gasteiger charge is -2.41. The molecule has 1 fully saturated rings. The summed E-state index contributed by atoms with van der Waals surface area (Å²) in [7, 11) is 0. The van der Waals surface area contributed by atoms with Crippen molar-refractivity contribution in [1.29, 1.82) is 0 Å². The first-order valence-electron chi connectivity index (χ1n) is 13.9. The number of aryl methyl sites for hydroxylation is 2. The number of carbonyl (C=O) groups is 1. The van der Waals surface area contributed by atoms with Crippen molar-refractivity contribution in [3.63, 3.8) is 0 Å². The molecule has 0 saturated carbocycles. The SMILES string of the molecule is Cc1nc2cc3nn2c(c1CC(=O)O)N1CCC(C)(CC/C=C\CCc2ccncc2-c2cccc-3c2)CC1. The second-order valence-corrected chi connectivity index (χ2v) is 11.3. The highest BCUT2D eigenvalue weighted by atomic mass is 16.4.